The second-order valence-electron chi connectivity index (χ2n) is 3.24. The molecule has 1 fully saturated rings. The van der Waals surface area contributed by atoms with Gasteiger partial charge in [-0.1, -0.05) is 12.2 Å². The lowest BCUT2D eigenvalue weighted by molar-refractivity contribution is -0.0849. The predicted octanol–water partition coefficient (Wildman–Crippen LogP) is 0.495. The summed E-state index contributed by atoms with van der Waals surface area (Å²) in [5.41, 5.74) is 0. The fourth-order valence-electron chi connectivity index (χ4n) is 1.72. The number of morpholine rings is 1. The van der Waals surface area contributed by atoms with Crippen molar-refractivity contribution in [3.63, 3.8) is 0 Å². The summed E-state index contributed by atoms with van der Waals surface area (Å²) in [7, 11) is 0. The van der Waals surface area contributed by atoms with Crippen molar-refractivity contribution in [2.75, 3.05) is 39.4 Å². The average molecular weight is 168 g/mol. The van der Waals surface area contributed by atoms with Crippen LogP contribution in [0.25, 0.3) is 0 Å². The summed E-state index contributed by atoms with van der Waals surface area (Å²) in [6, 6.07) is 0. The minimum atomic E-state index is 0.889. The van der Waals surface area contributed by atoms with Gasteiger partial charge in [-0.15, -0.1) is 0 Å². The Labute approximate surface area is 73.6 Å². The van der Waals surface area contributed by atoms with Crippen molar-refractivity contribution in [2.24, 2.45) is 0 Å². The molecule has 0 aromatic rings. The first-order valence-corrected chi connectivity index (χ1v) is 4.69. The highest BCUT2D eigenvalue weighted by molar-refractivity contribution is 4.90. The first-order valence-electron chi connectivity index (χ1n) is 4.69. The zero-order valence-corrected chi connectivity index (χ0v) is 7.41. The summed E-state index contributed by atoms with van der Waals surface area (Å²) < 4.78 is 5.30. The van der Waals surface area contributed by atoms with Gasteiger partial charge in [0.2, 0.25) is 0 Å². The Balaban J connectivity index is 1.85. The molecule has 0 amide bonds. The monoisotopic (exact) mass is 168 g/mol. The Morgan fingerprint density at radius 2 is 1.75 bits per heavy atom. The molecule has 0 spiro atoms. The van der Waals surface area contributed by atoms with Gasteiger partial charge in [0, 0.05) is 26.2 Å². The van der Waals surface area contributed by atoms with Crippen LogP contribution in [-0.2, 0) is 4.74 Å². The zero-order chi connectivity index (χ0) is 8.23. The van der Waals surface area contributed by atoms with Gasteiger partial charge in [-0.2, -0.15) is 0 Å². The lowest BCUT2D eigenvalue weighted by atomic mass is 10.3. The fourth-order valence-corrected chi connectivity index (χ4v) is 1.72. The second kappa shape index (κ2) is 4.03. The molecule has 2 aliphatic heterocycles. The van der Waals surface area contributed by atoms with Gasteiger partial charge in [0.25, 0.3) is 0 Å². The Bertz CT molecular complexity index is 164. The molecule has 0 aromatic carbocycles. The van der Waals surface area contributed by atoms with E-state index in [0.717, 1.165) is 32.8 Å². The van der Waals surface area contributed by atoms with Gasteiger partial charge >= 0.3 is 0 Å². The molecule has 68 valence electrons. The van der Waals surface area contributed by atoms with Crippen molar-refractivity contribution in [3.05, 3.63) is 12.2 Å². The molecule has 3 nitrogen and oxygen atoms in total. The SMILES string of the molecule is C1=CCN(N2CCOCC2)CC1. The molecule has 3 heteroatoms. The zero-order valence-electron chi connectivity index (χ0n) is 7.41. The number of hydrazine groups is 1. The van der Waals surface area contributed by atoms with Gasteiger partial charge in [0.1, 0.15) is 0 Å². The van der Waals surface area contributed by atoms with Gasteiger partial charge in [0.15, 0.2) is 0 Å². The topological polar surface area (TPSA) is 15.7 Å². The molecule has 0 unspecified atom stereocenters. The lowest BCUT2D eigenvalue weighted by Crippen LogP contribution is -2.49. The van der Waals surface area contributed by atoms with E-state index >= 15 is 0 Å². The standard InChI is InChI=1S/C9H16N2O/c1-2-4-10(5-3-1)11-6-8-12-9-7-11/h1-2H,3-9H2. The number of rotatable bonds is 1. The molecule has 0 radical (unpaired) electrons. The van der Waals surface area contributed by atoms with Crippen LogP contribution in [0, 0.1) is 0 Å². The van der Waals surface area contributed by atoms with Gasteiger partial charge in [0.05, 0.1) is 13.2 Å². The molecule has 1 saturated heterocycles. The molecule has 0 bridgehead atoms. The highest BCUT2D eigenvalue weighted by atomic mass is 16.5. The van der Waals surface area contributed by atoms with Crippen LogP contribution in [0.2, 0.25) is 0 Å². The highest BCUT2D eigenvalue weighted by Gasteiger charge is 2.17. The van der Waals surface area contributed by atoms with Crippen LogP contribution in [0.3, 0.4) is 0 Å². The van der Waals surface area contributed by atoms with Crippen molar-refractivity contribution in [3.8, 4) is 0 Å². The van der Waals surface area contributed by atoms with E-state index in [1.54, 1.807) is 0 Å². The maximum atomic E-state index is 5.30. The minimum absolute atomic E-state index is 0.889. The van der Waals surface area contributed by atoms with E-state index in [4.69, 9.17) is 4.74 Å². The molecule has 2 heterocycles. The number of nitrogens with zero attached hydrogens (tertiary/aromatic N) is 2. The largest absolute Gasteiger partial charge is 0.379 e. The fraction of sp³-hybridized carbons (Fsp3) is 0.778. The molecular weight excluding hydrogens is 152 g/mol. The van der Waals surface area contributed by atoms with Crippen LogP contribution in [0.4, 0.5) is 0 Å². The maximum Gasteiger partial charge on any atom is 0.0608 e. The molecular formula is C9H16N2O. The van der Waals surface area contributed by atoms with Crippen molar-refractivity contribution in [1.82, 2.24) is 10.0 Å². The summed E-state index contributed by atoms with van der Waals surface area (Å²) in [6.45, 7) is 6.17. The Kier molecular flexibility index (Phi) is 2.76. The summed E-state index contributed by atoms with van der Waals surface area (Å²) in [5.74, 6) is 0. The highest BCUT2D eigenvalue weighted by Crippen LogP contribution is 2.07. The Hall–Kier alpha value is -0.380. The summed E-state index contributed by atoms with van der Waals surface area (Å²) in [4.78, 5) is 0. The van der Waals surface area contributed by atoms with Gasteiger partial charge in [-0.25, -0.2) is 10.0 Å². The van der Waals surface area contributed by atoms with Crippen molar-refractivity contribution in [2.45, 2.75) is 6.42 Å². The minimum Gasteiger partial charge on any atom is -0.379 e. The van der Waals surface area contributed by atoms with Crippen LogP contribution in [0.1, 0.15) is 6.42 Å². The number of ether oxygens (including phenoxy) is 1. The Morgan fingerprint density at radius 1 is 0.917 bits per heavy atom. The summed E-state index contributed by atoms with van der Waals surface area (Å²) in [6.07, 6.45) is 5.70. The predicted molar refractivity (Wildman–Crippen MR) is 47.7 cm³/mol. The summed E-state index contributed by atoms with van der Waals surface area (Å²) in [5, 5.41) is 4.83. The quantitative estimate of drug-likeness (QED) is 0.530. The van der Waals surface area contributed by atoms with Crippen LogP contribution < -0.4 is 0 Å². The van der Waals surface area contributed by atoms with Crippen LogP contribution in [0.5, 0.6) is 0 Å². The molecule has 0 aromatic heterocycles. The van der Waals surface area contributed by atoms with Gasteiger partial charge in [-0.05, 0) is 6.42 Å². The van der Waals surface area contributed by atoms with Crippen LogP contribution >= 0.6 is 0 Å². The van der Waals surface area contributed by atoms with Crippen LogP contribution in [0.15, 0.2) is 12.2 Å². The van der Waals surface area contributed by atoms with E-state index < -0.39 is 0 Å². The molecule has 0 atom stereocenters. The third-order valence-corrected chi connectivity index (χ3v) is 2.42. The second-order valence-corrected chi connectivity index (χ2v) is 3.24. The normalized spacial score (nSPS) is 27.7. The molecule has 2 rings (SSSR count). The third-order valence-electron chi connectivity index (χ3n) is 2.42. The van der Waals surface area contributed by atoms with E-state index in [9.17, 15) is 0 Å². The van der Waals surface area contributed by atoms with E-state index in [0.29, 0.717) is 0 Å². The van der Waals surface area contributed by atoms with E-state index in [-0.39, 0.29) is 0 Å². The van der Waals surface area contributed by atoms with Crippen molar-refractivity contribution in [1.29, 1.82) is 0 Å². The van der Waals surface area contributed by atoms with Crippen LogP contribution in [-0.4, -0.2) is 49.4 Å². The number of hydrogen-bond acceptors (Lipinski definition) is 3. The molecule has 2 aliphatic rings. The Morgan fingerprint density at radius 3 is 2.42 bits per heavy atom. The first kappa shape index (κ1) is 8.23. The van der Waals surface area contributed by atoms with Gasteiger partial charge < -0.3 is 4.74 Å². The smallest absolute Gasteiger partial charge is 0.0608 e. The van der Waals surface area contributed by atoms with Crippen molar-refractivity contribution < 1.29 is 4.74 Å². The van der Waals surface area contributed by atoms with E-state index in [1.165, 1.54) is 13.0 Å². The lowest BCUT2D eigenvalue weighted by Gasteiger charge is -2.37. The van der Waals surface area contributed by atoms with Crippen molar-refractivity contribution >= 4 is 0 Å². The van der Waals surface area contributed by atoms with Gasteiger partial charge in [-0.3, -0.25) is 0 Å². The van der Waals surface area contributed by atoms with E-state index in [1.807, 2.05) is 0 Å². The molecule has 0 saturated carbocycles. The third kappa shape index (κ3) is 1.86. The van der Waals surface area contributed by atoms with E-state index in [2.05, 4.69) is 22.2 Å². The molecule has 0 N–H and O–H groups in total. The average Bonchev–Trinajstić information content (AvgIpc) is 2.21. The molecule has 0 aliphatic carbocycles. The number of hydrogen-bond donors (Lipinski definition) is 0. The summed E-state index contributed by atoms with van der Waals surface area (Å²) >= 11 is 0. The first-order chi connectivity index (χ1) is 5.97. The molecule has 12 heavy (non-hydrogen) atoms. The maximum absolute atomic E-state index is 5.30.